The zero-order valence-electron chi connectivity index (χ0n) is 27.9. The molecule has 4 aromatic rings. The van der Waals surface area contributed by atoms with Crippen molar-refractivity contribution in [3.05, 3.63) is 137 Å². The number of hydrogen-bond donors (Lipinski definition) is 0. The quantitative estimate of drug-likeness (QED) is 0.181. The van der Waals surface area contributed by atoms with Crippen LogP contribution in [-0.2, 0) is 11.0 Å². The molecule has 0 atom stereocenters. The molecule has 3 aliphatic heterocycles. The number of hydrogen-bond acceptors (Lipinski definition) is 3. The molecule has 0 amide bonds. The predicted molar refractivity (Wildman–Crippen MR) is 200 cm³/mol. The van der Waals surface area contributed by atoms with Gasteiger partial charge in [-0.1, -0.05) is 0 Å². The molecule has 235 valence electrons. The fraction of sp³-hybridized carbons (Fsp3) is 0.302. The van der Waals surface area contributed by atoms with Crippen LogP contribution in [0.4, 0.5) is 11.4 Å². The summed E-state index contributed by atoms with van der Waals surface area (Å²) in [6.45, 7) is 15.7. The number of benzene rings is 4. The molecule has 0 N–H and O–H groups in total. The van der Waals surface area contributed by atoms with Crippen molar-refractivity contribution < 1.29 is 4.74 Å². The van der Waals surface area contributed by atoms with Crippen molar-refractivity contribution in [2.45, 2.75) is 57.5 Å². The molecule has 47 heavy (non-hydrogen) atoms. The van der Waals surface area contributed by atoms with Crippen LogP contribution in [0.3, 0.4) is 0 Å². The van der Waals surface area contributed by atoms with Crippen molar-refractivity contribution in [3.8, 4) is 5.75 Å². The molecule has 0 spiro atoms. The Morgan fingerprint density at radius 1 is 0.745 bits per heavy atom. The standard InChI is InChI=1S/C43H43N2O.Pb/c1-5-13-36-38(6-2)42(3,4)40-37-24-25-43(30-16-20-32(21-17-30)44-26-9-10-27-44,31-18-22-33(23-19-31)45-28-11-12-29-45)46-41(37)35-15-8-7-14-34(35)39(36)40;/h5-8,13-23,25H,2,9-12,26-29H2,1,3-4H3;/b13-5-;. The van der Waals surface area contributed by atoms with Gasteiger partial charge in [-0.25, -0.2) is 0 Å². The summed E-state index contributed by atoms with van der Waals surface area (Å²) < 4.78 is 9.03. The minimum atomic E-state index is -0.738. The van der Waals surface area contributed by atoms with E-state index in [1.54, 1.807) is 0 Å². The maximum absolute atomic E-state index is 7.65. The first-order valence-electron chi connectivity index (χ1n) is 17.3. The summed E-state index contributed by atoms with van der Waals surface area (Å²) in [6.07, 6.45) is 14.1. The van der Waals surface area contributed by atoms with E-state index in [4.69, 9.17) is 4.74 Å². The number of rotatable bonds is 6. The summed E-state index contributed by atoms with van der Waals surface area (Å²) in [5.74, 6) is 1.01. The number of fused-ring (bicyclic) bond motifs is 6. The molecule has 3 nitrogen and oxygen atoms in total. The van der Waals surface area contributed by atoms with E-state index < -0.39 is 5.60 Å². The van der Waals surface area contributed by atoms with Crippen molar-refractivity contribution in [2.24, 2.45) is 0 Å². The van der Waals surface area contributed by atoms with E-state index in [0.29, 0.717) is 0 Å². The molecule has 0 aromatic heterocycles. The molecule has 1 aliphatic carbocycles. The summed E-state index contributed by atoms with van der Waals surface area (Å²) in [4.78, 5) is 5.02. The summed E-state index contributed by atoms with van der Waals surface area (Å²) in [5.41, 5.74) is 10.6. The van der Waals surface area contributed by atoms with Crippen molar-refractivity contribution in [2.75, 3.05) is 36.0 Å². The molecule has 2 saturated heterocycles. The topological polar surface area (TPSA) is 15.7 Å². The second kappa shape index (κ2) is 11.8. The number of nitrogens with zero attached hydrogens (tertiary/aromatic N) is 2. The molecular formula is C43H43N2OPb. The van der Waals surface area contributed by atoms with Gasteiger partial charge in [0.25, 0.3) is 0 Å². The van der Waals surface area contributed by atoms with E-state index in [2.05, 4.69) is 134 Å². The van der Waals surface area contributed by atoms with Gasteiger partial charge in [-0.3, -0.25) is 0 Å². The van der Waals surface area contributed by atoms with E-state index in [0.717, 1.165) is 57.7 Å². The van der Waals surface area contributed by atoms with Crippen molar-refractivity contribution in [3.63, 3.8) is 0 Å². The minimum absolute atomic E-state index is 0.207. The van der Waals surface area contributed by atoms with Gasteiger partial charge in [0.15, 0.2) is 0 Å². The molecule has 0 saturated carbocycles. The van der Waals surface area contributed by atoms with Crippen molar-refractivity contribution in [1.82, 2.24) is 0 Å². The first kappa shape index (κ1) is 30.7. The Balaban J connectivity index is 1.36. The Labute approximate surface area is 296 Å². The second-order valence-electron chi connectivity index (χ2n) is 14.0. The van der Waals surface area contributed by atoms with Gasteiger partial charge in [0.1, 0.15) is 0 Å². The Bertz CT molecular complexity index is 1910. The number of ether oxygens (including phenoxy) is 1. The molecule has 2 fully saturated rings. The van der Waals surface area contributed by atoms with Gasteiger partial charge in [0, 0.05) is 0 Å². The van der Waals surface area contributed by atoms with E-state index in [-0.39, 0.29) is 5.41 Å². The molecular weight excluding hydrogens is 768 g/mol. The van der Waals surface area contributed by atoms with Crippen LogP contribution < -0.4 is 14.5 Å². The summed E-state index contributed by atoms with van der Waals surface area (Å²) in [7, 11) is 0. The zero-order chi connectivity index (χ0) is 32.3. The molecule has 8 rings (SSSR count). The number of allylic oxidation sites excluding steroid dienone is 5. The van der Waals surface area contributed by atoms with Crippen LogP contribution in [0, 0.1) is 0 Å². The van der Waals surface area contributed by atoms with Gasteiger partial charge < -0.3 is 0 Å². The SMILES string of the molecule is C=CC1=C(/C=C\C)c2c(c3c(c4ccccc24)OC(c2ccc(N4CCCC4)cc2)(c2ccc(N4CCCC4)cc2)C=[C]3[Pb])C1(C)C. The van der Waals surface area contributed by atoms with E-state index >= 15 is 0 Å². The van der Waals surface area contributed by atoms with Gasteiger partial charge in [-0.05, 0) is 0 Å². The molecule has 0 bridgehead atoms. The summed E-state index contributed by atoms with van der Waals surface area (Å²) in [5, 5.41) is 2.43. The van der Waals surface area contributed by atoms with Gasteiger partial charge in [-0.2, -0.15) is 0 Å². The summed E-state index contributed by atoms with van der Waals surface area (Å²) >= 11 is 0.886. The first-order valence-corrected chi connectivity index (χ1v) is 19.3. The van der Waals surface area contributed by atoms with Crippen molar-refractivity contribution in [1.29, 1.82) is 0 Å². The van der Waals surface area contributed by atoms with Gasteiger partial charge in [0.05, 0.1) is 0 Å². The average Bonchev–Trinajstić information content (AvgIpc) is 3.87. The van der Waals surface area contributed by atoms with Crippen LogP contribution in [-0.4, -0.2) is 51.9 Å². The third kappa shape index (κ3) is 4.78. The van der Waals surface area contributed by atoms with Crippen molar-refractivity contribution >= 4 is 56.6 Å². The Morgan fingerprint density at radius 2 is 1.28 bits per heavy atom. The predicted octanol–water partition coefficient (Wildman–Crippen LogP) is 9.69. The first-order chi connectivity index (χ1) is 22.9. The average molecular weight is 811 g/mol. The molecule has 3 radical (unpaired) electrons. The molecule has 0 unspecified atom stereocenters. The number of anilines is 2. The molecule has 3 heterocycles. The van der Waals surface area contributed by atoms with Gasteiger partial charge in [-0.15, -0.1) is 0 Å². The molecule has 4 aromatic carbocycles. The molecule has 4 aliphatic rings. The van der Waals surface area contributed by atoms with Crippen LogP contribution in [0.2, 0.25) is 0 Å². The van der Waals surface area contributed by atoms with E-state index in [1.807, 2.05) is 0 Å². The van der Waals surface area contributed by atoms with Gasteiger partial charge in [0.2, 0.25) is 0 Å². The maximum atomic E-state index is 7.65. The van der Waals surface area contributed by atoms with E-state index in [9.17, 15) is 0 Å². The third-order valence-corrected chi connectivity index (χ3v) is 12.5. The Morgan fingerprint density at radius 3 is 1.79 bits per heavy atom. The Hall–Kier alpha value is -3.58. The van der Waals surface area contributed by atoms with Crippen LogP contribution in [0.15, 0.2) is 109 Å². The fourth-order valence-corrected chi connectivity index (χ4v) is 10.4. The molecule has 4 heteroatoms. The monoisotopic (exact) mass is 811 g/mol. The van der Waals surface area contributed by atoms with Crippen LogP contribution in [0.25, 0.3) is 19.5 Å². The second-order valence-corrected chi connectivity index (χ2v) is 16.1. The normalized spacial score (nSPS) is 19.7. The fourth-order valence-electron chi connectivity index (χ4n) is 8.69. The van der Waals surface area contributed by atoms with Crippen LogP contribution in [0.1, 0.15) is 74.3 Å². The Kier molecular flexibility index (Phi) is 7.74. The van der Waals surface area contributed by atoms with Crippen LogP contribution in [0.5, 0.6) is 5.75 Å². The third-order valence-electron chi connectivity index (χ3n) is 11.0. The van der Waals surface area contributed by atoms with E-state index in [1.165, 1.54) is 89.9 Å². The van der Waals surface area contributed by atoms with Gasteiger partial charge >= 0.3 is 298 Å². The zero-order valence-corrected chi connectivity index (χ0v) is 31.8. The summed E-state index contributed by atoms with van der Waals surface area (Å²) in [6, 6.07) is 27.4. The van der Waals surface area contributed by atoms with Crippen LogP contribution >= 0.6 is 0 Å².